The lowest BCUT2D eigenvalue weighted by molar-refractivity contribution is -0.138. The summed E-state index contributed by atoms with van der Waals surface area (Å²) in [6.07, 6.45) is 1.67. The normalized spacial score (nSPS) is 21.3. The lowest BCUT2D eigenvalue weighted by Crippen LogP contribution is -2.37. The summed E-state index contributed by atoms with van der Waals surface area (Å²) in [5.74, 6) is -1.15. The van der Waals surface area contributed by atoms with Gasteiger partial charge in [0, 0.05) is 26.3 Å². The van der Waals surface area contributed by atoms with Crippen molar-refractivity contribution in [1.29, 1.82) is 0 Å². The highest BCUT2D eigenvalue weighted by atomic mass is 16.5. The summed E-state index contributed by atoms with van der Waals surface area (Å²) >= 11 is 0. The summed E-state index contributed by atoms with van der Waals surface area (Å²) in [6, 6.07) is 2.44. The number of ether oxygens (including phenoxy) is 2. The molecule has 0 radical (unpaired) electrons. The number of hydrogen-bond acceptors (Lipinski definition) is 6. The third-order valence-corrected chi connectivity index (χ3v) is 3.44. The molecule has 2 atom stereocenters. The van der Waals surface area contributed by atoms with E-state index in [1.54, 1.807) is 24.0 Å². The predicted octanol–water partition coefficient (Wildman–Crippen LogP) is 0.937. The second kappa shape index (κ2) is 6.53. The van der Waals surface area contributed by atoms with Crippen LogP contribution in [0.4, 0.5) is 5.82 Å². The molecule has 0 bridgehead atoms. The summed E-state index contributed by atoms with van der Waals surface area (Å²) in [5, 5.41) is 9.35. The van der Waals surface area contributed by atoms with E-state index >= 15 is 0 Å². The number of carbonyl (C=O) groups is 2. The van der Waals surface area contributed by atoms with Gasteiger partial charge in [-0.25, -0.2) is 14.6 Å². The molecule has 1 aliphatic heterocycles. The Morgan fingerprint density at radius 1 is 1.52 bits per heavy atom. The summed E-state index contributed by atoms with van der Waals surface area (Å²) in [6.45, 7) is 2.33. The highest BCUT2D eigenvalue weighted by Gasteiger charge is 2.39. The first-order valence-corrected chi connectivity index (χ1v) is 6.72. The van der Waals surface area contributed by atoms with Gasteiger partial charge in [-0.05, 0) is 19.1 Å². The molecule has 0 aliphatic carbocycles. The molecule has 2 heterocycles. The Morgan fingerprint density at radius 2 is 2.29 bits per heavy atom. The third-order valence-electron chi connectivity index (χ3n) is 3.44. The van der Waals surface area contributed by atoms with Crippen molar-refractivity contribution in [2.75, 3.05) is 25.2 Å². The van der Waals surface area contributed by atoms with Gasteiger partial charge in [-0.1, -0.05) is 0 Å². The number of nitrogens with zero attached hydrogens (tertiary/aromatic N) is 2. The number of esters is 1. The number of pyridine rings is 1. The maximum absolute atomic E-state index is 12.0. The van der Waals surface area contributed by atoms with Gasteiger partial charge >= 0.3 is 11.9 Å². The first-order chi connectivity index (χ1) is 10.1. The van der Waals surface area contributed by atoms with Crippen LogP contribution in [0.5, 0.6) is 0 Å². The average molecular weight is 294 g/mol. The Hall–Kier alpha value is -2.15. The van der Waals surface area contributed by atoms with Crippen molar-refractivity contribution < 1.29 is 24.2 Å². The molecular weight excluding hydrogens is 276 g/mol. The second-order valence-electron chi connectivity index (χ2n) is 4.69. The van der Waals surface area contributed by atoms with Gasteiger partial charge in [0.2, 0.25) is 0 Å². The highest BCUT2D eigenvalue weighted by molar-refractivity contribution is 5.95. The fourth-order valence-corrected chi connectivity index (χ4v) is 2.43. The number of aliphatic carboxylic acids is 1. The van der Waals surface area contributed by atoms with E-state index in [0.29, 0.717) is 18.8 Å². The number of aromatic nitrogens is 1. The molecule has 7 nitrogen and oxygen atoms in total. The molecule has 21 heavy (non-hydrogen) atoms. The zero-order chi connectivity index (χ0) is 15.4. The van der Waals surface area contributed by atoms with Gasteiger partial charge in [-0.2, -0.15) is 0 Å². The van der Waals surface area contributed by atoms with Crippen LogP contribution in [-0.4, -0.2) is 54.4 Å². The van der Waals surface area contributed by atoms with Crippen LogP contribution in [0.2, 0.25) is 0 Å². The number of hydrogen-bond donors (Lipinski definition) is 1. The molecule has 114 valence electrons. The van der Waals surface area contributed by atoms with Gasteiger partial charge in [0.05, 0.1) is 12.7 Å². The van der Waals surface area contributed by atoms with E-state index in [1.165, 1.54) is 13.3 Å². The van der Waals surface area contributed by atoms with Crippen LogP contribution in [0, 0.1) is 0 Å². The molecule has 7 heteroatoms. The summed E-state index contributed by atoms with van der Waals surface area (Å²) in [5.41, 5.74) is 0.266. The van der Waals surface area contributed by atoms with E-state index in [1.807, 2.05) is 0 Å². The maximum Gasteiger partial charge on any atom is 0.341 e. The average Bonchev–Trinajstić information content (AvgIpc) is 2.92. The number of rotatable bonds is 5. The fraction of sp³-hybridized carbons (Fsp3) is 0.500. The molecule has 0 saturated carbocycles. The zero-order valence-electron chi connectivity index (χ0n) is 12.0. The zero-order valence-corrected chi connectivity index (χ0v) is 12.0. The van der Waals surface area contributed by atoms with Gasteiger partial charge in [-0.15, -0.1) is 0 Å². The van der Waals surface area contributed by atoms with Crippen LogP contribution < -0.4 is 4.90 Å². The third kappa shape index (κ3) is 3.13. The molecule has 0 aromatic carbocycles. The van der Waals surface area contributed by atoms with Crippen LogP contribution in [0.15, 0.2) is 18.3 Å². The van der Waals surface area contributed by atoms with Crippen LogP contribution in [-0.2, 0) is 14.3 Å². The van der Waals surface area contributed by atoms with Crippen LogP contribution in [0.25, 0.3) is 0 Å². The molecule has 0 spiro atoms. The van der Waals surface area contributed by atoms with Crippen LogP contribution >= 0.6 is 0 Å². The molecule has 0 amide bonds. The van der Waals surface area contributed by atoms with Crippen molar-refractivity contribution in [1.82, 2.24) is 4.98 Å². The number of methoxy groups -OCH3 is 1. The minimum atomic E-state index is -0.963. The summed E-state index contributed by atoms with van der Waals surface area (Å²) < 4.78 is 10.2. The number of carbonyl (C=O) groups excluding carboxylic acids is 1. The largest absolute Gasteiger partial charge is 0.480 e. The smallest absolute Gasteiger partial charge is 0.341 e. The minimum Gasteiger partial charge on any atom is -0.480 e. The number of carboxylic acids is 1. The number of anilines is 1. The van der Waals surface area contributed by atoms with E-state index in [2.05, 4.69) is 4.98 Å². The Bertz CT molecular complexity index is 534. The predicted molar refractivity (Wildman–Crippen MR) is 74.4 cm³/mol. The molecular formula is C14H18N2O5. The van der Waals surface area contributed by atoms with Gasteiger partial charge in [0.15, 0.2) is 0 Å². The van der Waals surface area contributed by atoms with Crippen molar-refractivity contribution >= 4 is 17.8 Å². The summed E-state index contributed by atoms with van der Waals surface area (Å²) in [7, 11) is 1.54. The van der Waals surface area contributed by atoms with Crippen molar-refractivity contribution in [2.45, 2.75) is 25.5 Å². The van der Waals surface area contributed by atoms with Crippen molar-refractivity contribution in [3.8, 4) is 0 Å². The second-order valence-corrected chi connectivity index (χ2v) is 4.69. The standard InChI is InChI=1S/C14H18N2O5/c1-3-21-14(19)10-5-4-6-15-12(10)16-8-9(20-2)7-11(16)13(17)18/h4-6,9,11H,3,7-8H2,1-2H3,(H,17,18). The molecule has 1 saturated heterocycles. The maximum atomic E-state index is 12.0. The SMILES string of the molecule is CCOC(=O)c1cccnc1N1CC(OC)CC1C(=O)O. The van der Waals surface area contributed by atoms with Crippen molar-refractivity contribution in [3.05, 3.63) is 23.9 Å². The van der Waals surface area contributed by atoms with Crippen molar-refractivity contribution in [3.63, 3.8) is 0 Å². The van der Waals surface area contributed by atoms with E-state index in [-0.39, 0.29) is 18.3 Å². The minimum absolute atomic E-state index is 0.205. The number of carboxylic acid groups (broad SMARTS) is 1. The fourth-order valence-electron chi connectivity index (χ4n) is 2.43. The molecule has 1 fully saturated rings. The molecule has 1 N–H and O–H groups in total. The Morgan fingerprint density at radius 3 is 2.90 bits per heavy atom. The van der Waals surface area contributed by atoms with Gasteiger partial charge in [0.1, 0.15) is 17.4 Å². The van der Waals surface area contributed by atoms with Crippen molar-refractivity contribution in [2.24, 2.45) is 0 Å². The topological polar surface area (TPSA) is 89.0 Å². The van der Waals surface area contributed by atoms with E-state index in [0.717, 1.165) is 0 Å². The quantitative estimate of drug-likeness (QED) is 0.808. The molecule has 1 aromatic heterocycles. The lowest BCUT2D eigenvalue weighted by Gasteiger charge is -2.24. The highest BCUT2D eigenvalue weighted by Crippen LogP contribution is 2.28. The Labute approximate surface area is 122 Å². The lowest BCUT2D eigenvalue weighted by atomic mass is 10.2. The van der Waals surface area contributed by atoms with E-state index in [9.17, 15) is 14.7 Å². The Kier molecular flexibility index (Phi) is 4.74. The molecule has 2 rings (SSSR count). The Balaban J connectivity index is 2.36. The monoisotopic (exact) mass is 294 g/mol. The van der Waals surface area contributed by atoms with Gasteiger partial charge < -0.3 is 19.5 Å². The first kappa shape index (κ1) is 15.2. The summed E-state index contributed by atoms with van der Waals surface area (Å²) in [4.78, 5) is 29.2. The van der Waals surface area contributed by atoms with Crippen LogP contribution in [0.1, 0.15) is 23.7 Å². The first-order valence-electron chi connectivity index (χ1n) is 6.72. The van der Waals surface area contributed by atoms with Gasteiger partial charge in [0.25, 0.3) is 0 Å². The van der Waals surface area contributed by atoms with Crippen LogP contribution in [0.3, 0.4) is 0 Å². The van der Waals surface area contributed by atoms with E-state index in [4.69, 9.17) is 9.47 Å². The van der Waals surface area contributed by atoms with Gasteiger partial charge in [-0.3, -0.25) is 0 Å². The van der Waals surface area contributed by atoms with E-state index < -0.39 is 18.0 Å². The molecule has 1 aromatic rings. The molecule has 2 unspecified atom stereocenters. The molecule has 1 aliphatic rings.